The first-order valence-electron chi connectivity index (χ1n) is 5.73. The largest absolute Gasteiger partial charge is 0.497 e. The van der Waals surface area contributed by atoms with E-state index in [0.29, 0.717) is 4.90 Å². The fourth-order valence-corrected chi connectivity index (χ4v) is 2.79. The van der Waals surface area contributed by atoms with Crippen molar-refractivity contribution in [3.63, 3.8) is 0 Å². The Morgan fingerprint density at radius 3 is 2.63 bits per heavy atom. The van der Waals surface area contributed by atoms with Gasteiger partial charge in [0.2, 0.25) is 0 Å². The number of hydrogen-bond donors (Lipinski definition) is 0. The van der Waals surface area contributed by atoms with Crippen LogP contribution in [-0.4, -0.2) is 12.9 Å². The van der Waals surface area contributed by atoms with Gasteiger partial charge in [-0.05, 0) is 37.3 Å². The molecule has 2 rings (SSSR count). The van der Waals surface area contributed by atoms with Gasteiger partial charge < -0.3 is 4.74 Å². The topological polar surface area (TPSA) is 26.3 Å². The summed E-state index contributed by atoms with van der Waals surface area (Å²) < 4.78 is 18.8. The molecule has 0 heterocycles. The lowest BCUT2D eigenvalue weighted by Crippen LogP contribution is -1.99. The summed E-state index contributed by atoms with van der Waals surface area (Å²) in [5, 5.41) is 0. The first kappa shape index (κ1) is 13.6. The summed E-state index contributed by atoms with van der Waals surface area (Å²) in [5.41, 5.74) is 0.135. The predicted octanol–water partition coefficient (Wildman–Crippen LogP) is 4.19. The molecule has 0 saturated heterocycles. The fourth-order valence-electron chi connectivity index (χ4n) is 1.72. The summed E-state index contributed by atoms with van der Waals surface area (Å²) in [7, 11) is 1.59. The van der Waals surface area contributed by atoms with Gasteiger partial charge in [-0.1, -0.05) is 23.9 Å². The number of rotatable bonds is 4. The quantitative estimate of drug-likeness (QED) is 0.783. The minimum Gasteiger partial charge on any atom is -0.497 e. The van der Waals surface area contributed by atoms with Crippen LogP contribution in [0.5, 0.6) is 5.75 Å². The molecule has 98 valence electrons. The molecular weight excluding hydrogens is 263 g/mol. The van der Waals surface area contributed by atoms with Gasteiger partial charge in [0, 0.05) is 9.79 Å². The first-order chi connectivity index (χ1) is 9.11. The standard InChI is InChI=1S/C15H13FO2S/c1-10(17)15-13(16)7-4-8-14(15)19-12-6-3-5-11(9-12)18-2/h3-9H,1-2H3. The minimum absolute atomic E-state index is 0.135. The van der Waals surface area contributed by atoms with Crippen molar-refractivity contribution in [2.75, 3.05) is 7.11 Å². The molecule has 0 radical (unpaired) electrons. The van der Waals surface area contributed by atoms with E-state index < -0.39 is 5.82 Å². The van der Waals surface area contributed by atoms with Crippen LogP contribution in [0.25, 0.3) is 0 Å². The maximum atomic E-state index is 13.7. The summed E-state index contributed by atoms with van der Waals surface area (Å²) in [6, 6.07) is 12.1. The lowest BCUT2D eigenvalue weighted by Gasteiger charge is -2.08. The summed E-state index contributed by atoms with van der Waals surface area (Å²) in [4.78, 5) is 13.0. The molecule has 0 unspecified atom stereocenters. The molecule has 0 amide bonds. The number of Topliss-reactive ketones (excluding diaryl/α,β-unsaturated/α-hetero) is 1. The number of benzene rings is 2. The molecule has 0 bridgehead atoms. The van der Waals surface area contributed by atoms with Crippen LogP contribution >= 0.6 is 11.8 Å². The smallest absolute Gasteiger partial charge is 0.163 e. The molecule has 0 aliphatic heterocycles. The fraction of sp³-hybridized carbons (Fsp3) is 0.133. The van der Waals surface area contributed by atoms with Crippen molar-refractivity contribution in [3.05, 3.63) is 53.8 Å². The molecule has 0 atom stereocenters. The Balaban J connectivity index is 2.38. The summed E-state index contributed by atoms with van der Waals surface area (Å²) >= 11 is 1.35. The maximum Gasteiger partial charge on any atom is 0.163 e. The van der Waals surface area contributed by atoms with Crippen molar-refractivity contribution >= 4 is 17.5 Å². The lowest BCUT2D eigenvalue weighted by molar-refractivity contribution is 0.101. The van der Waals surface area contributed by atoms with Crippen LogP contribution in [0.15, 0.2) is 52.3 Å². The van der Waals surface area contributed by atoms with Crippen molar-refractivity contribution in [1.82, 2.24) is 0 Å². The molecule has 2 aromatic carbocycles. The Morgan fingerprint density at radius 1 is 1.21 bits per heavy atom. The van der Waals surface area contributed by atoms with Crippen LogP contribution < -0.4 is 4.74 Å². The van der Waals surface area contributed by atoms with E-state index in [2.05, 4.69) is 0 Å². The Bertz CT molecular complexity index is 611. The number of carbonyl (C=O) groups is 1. The maximum absolute atomic E-state index is 13.7. The normalized spacial score (nSPS) is 10.3. The molecule has 0 spiro atoms. The lowest BCUT2D eigenvalue weighted by atomic mass is 10.1. The average molecular weight is 276 g/mol. The van der Waals surface area contributed by atoms with Crippen LogP contribution in [0.1, 0.15) is 17.3 Å². The third-order valence-electron chi connectivity index (χ3n) is 2.60. The summed E-state index contributed by atoms with van der Waals surface area (Å²) in [5.74, 6) is -0.0327. The number of ether oxygens (including phenoxy) is 1. The molecule has 4 heteroatoms. The van der Waals surface area contributed by atoms with Crippen molar-refractivity contribution < 1.29 is 13.9 Å². The van der Waals surface area contributed by atoms with Crippen LogP contribution in [0.3, 0.4) is 0 Å². The van der Waals surface area contributed by atoms with Gasteiger partial charge in [0.25, 0.3) is 0 Å². The molecule has 0 aliphatic carbocycles. The Kier molecular flexibility index (Phi) is 4.22. The van der Waals surface area contributed by atoms with E-state index >= 15 is 0 Å². The van der Waals surface area contributed by atoms with E-state index in [1.165, 1.54) is 24.8 Å². The first-order valence-corrected chi connectivity index (χ1v) is 6.55. The zero-order valence-corrected chi connectivity index (χ0v) is 11.5. The highest BCUT2D eigenvalue weighted by Crippen LogP contribution is 2.33. The van der Waals surface area contributed by atoms with Gasteiger partial charge in [0.1, 0.15) is 11.6 Å². The van der Waals surface area contributed by atoms with E-state index in [0.717, 1.165) is 10.6 Å². The van der Waals surface area contributed by atoms with Gasteiger partial charge >= 0.3 is 0 Å². The Hall–Kier alpha value is -1.81. The van der Waals surface area contributed by atoms with E-state index in [-0.39, 0.29) is 11.3 Å². The van der Waals surface area contributed by atoms with Gasteiger partial charge in [0.05, 0.1) is 12.7 Å². The number of ketones is 1. The van der Waals surface area contributed by atoms with E-state index in [1.807, 2.05) is 24.3 Å². The van der Waals surface area contributed by atoms with Gasteiger partial charge in [0.15, 0.2) is 5.78 Å². The molecule has 0 N–H and O–H groups in total. The third-order valence-corrected chi connectivity index (χ3v) is 3.65. The highest BCUT2D eigenvalue weighted by molar-refractivity contribution is 7.99. The molecular formula is C15H13FO2S. The van der Waals surface area contributed by atoms with E-state index in [1.54, 1.807) is 19.2 Å². The van der Waals surface area contributed by atoms with Crippen molar-refractivity contribution in [2.24, 2.45) is 0 Å². The van der Waals surface area contributed by atoms with E-state index in [9.17, 15) is 9.18 Å². The predicted molar refractivity (Wildman–Crippen MR) is 73.5 cm³/mol. The summed E-state index contributed by atoms with van der Waals surface area (Å²) in [6.07, 6.45) is 0. The second kappa shape index (κ2) is 5.89. The highest BCUT2D eigenvalue weighted by atomic mass is 32.2. The van der Waals surface area contributed by atoms with Crippen LogP contribution in [0.4, 0.5) is 4.39 Å². The third kappa shape index (κ3) is 3.15. The molecule has 19 heavy (non-hydrogen) atoms. The van der Waals surface area contributed by atoms with Crippen molar-refractivity contribution in [3.8, 4) is 5.75 Å². The van der Waals surface area contributed by atoms with Gasteiger partial charge in [-0.15, -0.1) is 0 Å². The molecule has 0 fully saturated rings. The summed E-state index contributed by atoms with van der Waals surface area (Å²) in [6.45, 7) is 1.37. The molecule has 0 aliphatic rings. The average Bonchev–Trinajstić information content (AvgIpc) is 2.38. The SMILES string of the molecule is COc1cccc(Sc2cccc(F)c2C(C)=O)c1. The molecule has 0 aromatic heterocycles. The highest BCUT2D eigenvalue weighted by Gasteiger charge is 2.13. The number of hydrogen-bond acceptors (Lipinski definition) is 3. The monoisotopic (exact) mass is 276 g/mol. The van der Waals surface area contributed by atoms with Crippen molar-refractivity contribution in [2.45, 2.75) is 16.7 Å². The van der Waals surface area contributed by atoms with Gasteiger partial charge in [-0.3, -0.25) is 4.79 Å². The van der Waals surface area contributed by atoms with Crippen molar-refractivity contribution in [1.29, 1.82) is 0 Å². The molecule has 2 aromatic rings. The van der Waals surface area contributed by atoms with Crippen LogP contribution in [0, 0.1) is 5.82 Å². The molecule has 2 nitrogen and oxygen atoms in total. The van der Waals surface area contributed by atoms with Gasteiger partial charge in [-0.2, -0.15) is 0 Å². The Labute approximate surface area is 115 Å². The Morgan fingerprint density at radius 2 is 1.95 bits per heavy atom. The number of halogens is 1. The molecule has 0 saturated carbocycles. The second-order valence-electron chi connectivity index (χ2n) is 3.95. The zero-order chi connectivity index (χ0) is 13.8. The number of methoxy groups -OCH3 is 1. The van der Waals surface area contributed by atoms with Gasteiger partial charge in [-0.25, -0.2) is 4.39 Å². The number of carbonyl (C=O) groups excluding carboxylic acids is 1. The second-order valence-corrected chi connectivity index (χ2v) is 5.07. The van der Waals surface area contributed by atoms with Crippen LogP contribution in [0.2, 0.25) is 0 Å². The minimum atomic E-state index is -0.486. The zero-order valence-electron chi connectivity index (χ0n) is 10.6. The van der Waals surface area contributed by atoms with E-state index in [4.69, 9.17) is 4.74 Å². The van der Waals surface area contributed by atoms with Crippen LogP contribution in [-0.2, 0) is 0 Å².